The number of hydrogen-bond acceptors (Lipinski definition) is 4. The van der Waals surface area contributed by atoms with Gasteiger partial charge in [0.15, 0.2) is 0 Å². The van der Waals surface area contributed by atoms with E-state index in [4.69, 9.17) is 4.74 Å². The van der Waals surface area contributed by atoms with E-state index in [2.05, 4.69) is 52.1 Å². The molecule has 1 aromatic rings. The zero-order valence-electron chi connectivity index (χ0n) is 12.4. The van der Waals surface area contributed by atoms with Crippen LogP contribution in [-0.4, -0.2) is 49.8 Å². The van der Waals surface area contributed by atoms with Gasteiger partial charge in [0.05, 0.1) is 16.5 Å². The normalized spacial score (nSPS) is 22.1. The van der Waals surface area contributed by atoms with E-state index in [-0.39, 0.29) is 0 Å². The maximum absolute atomic E-state index is 6.04. The van der Waals surface area contributed by atoms with Crippen molar-refractivity contribution in [1.82, 2.24) is 10.2 Å². The molecule has 2 heterocycles. The Balaban J connectivity index is 1.96. The minimum Gasteiger partial charge on any atom is -0.374 e. The first-order valence-corrected chi connectivity index (χ1v) is 9.15. The SMILES string of the molecule is CCCN1CCOC(C(Cc2ccc(Br)s2)NCC)C1. The van der Waals surface area contributed by atoms with Gasteiger partial charge in [-0.1, -0.05) is 13.8 Å². The molecule has 0 aliphatic carbocycles. The number of morpholine rings is 1. The van der Waals surface area contributed by atoms with Gasteiger partial charge >= 0.3 is 0 Å². The van der Waals surface area contributed by atoms with E-state index < -0.39 is 0 Å². The lowest BCUT2D eigenvalue weighted by Gasteiger charge is -2.37. The fraction of sp³-hybridized carbons (Fsp3) is 0.733. The predicted molar refractivity (Wildman–Crippen MR) is 89.7 cm³/mol. The van der Waals surface area contributed by atoms with Gasteiger partial charge in [-0.3, -0.25) is 4.90 Å². The summed E-state index contributed by atoms with van der Waals surface area (Å²) in [5.74, 6) is 0. The molecule has 1 fully saturated rings. The third-order valence-corrected chi connectivity index (χ3v) is 5.33. The highest BCUT2D eigenvalue weighted by Crippen LogP contribution is 2.24. The number of likely N-dealkylation sites (N-methyl/N-ethyl adjacent to an activating group) is 1. The average Bonchev–Trinajstić information content (AvgIpc) is 2.84. The van der Waals surface area contributed by atoms with Crippen molar-refractivity contribution in [2.75, 3.05) is 32.8 Å². The van der Waals surface area contributed by atoms with Crippen LogP contribution in [0.5, 0.6) is 0 Å². The minimum absolute atomic E-state index is 0.302. The zero-order chi connectivity index (χ0) is 14.4. The highest BCUT2D eigenvalue weighted by Gasteiger charge is 2.27. The van der Waals surface area contributed by atoms with E-state index in [1.54, 1.807) is 0 Å². The van der Waals surface area contributed by atoms with Gasteiger partial charge in [0.1, 0.15) is 0 Å². The van der Waals surface area contributed by atoms with Crippen LogP contribution in [0.4, 0.5) is 0 Å². The summed E-state index contributed by atoms with van der Waals surface area (Å²) in [6.07, 6.45) is 2.57. The summed E-state index contributed by atoms with van der Waals surface area (Å²) < 4.78 is 7.25. The second-order valence-electron chi connectivity index (χ2n) is 5.28. The molecule has 1 aliphatic heterocycles. The van der Waals surface area contributed by atoms with Gasteiger partial charge in [0.2, 0.25) is 0 Å². The van der Waals surface area contributed by atoms with Gasteiger partial charge in [0, 0.05) is 24.0 Å². The Morgan fingerprint density at radius 2 is 2.35 bits per heavy atom. The summed E-state index contributed by atoms with van der Waals surface area (Å²) in [5.41, 5.74) is 0. The smallest absolute Gasteiger partial charge is 0.0858 e. The molecule has 2 unspecified atom stereocenters. The van der Waals surface area contributed by atoms with Gasteiger partial charge in [-0.2, -0.15) is 0 Å². The molecule has 1 N–H and O–H groups in total. The van der Waals surface area contributed by atoms with Gasteiger partial charge in [-0.15, -0.1) is 11.3 Å². The van der Waals surface area contributed by atoms with E-state index >= 15 is 0 Å². The van der Waals surface area contributed by atoms with Crippen molar-refractivity contribution in [1.29, 1.82) is 0 Å². The lowest BCUT2D eigenvalue weighted by Crippen LogP contribution is -2.53. The summed E-state index contributed by atoms with van der Waals surface area (Å²) in [4.78, 5) is 3.95. The summed E-state index contributed by atoms with van der Waals surface area (Å²) >= 11 is 5.37. The highest BCUT2D eigenvalue weighted by molar-refractivity contribution is 9.11. The quantitative estimate of drug-likeness (QED) is 0.808. The molecule has 1 aliphatic rings. The fourth-order valence-electron chi connectivity index (χ4n) is 2.77. The molecule has 5 heteroatoms. The fourth-order valence-corrected chi connectivity index (χ4v) is 4.31. The van der Waals surface area contributed by atoms with E-state index in [9.17, 15) is 0 Å². The molecular weight excluding hydrogens is 336 g/mol. The summed E-state index contributed by atoms with van der Waals surface area (Å²) in [7, 11) is 0. The summed E-state index contributed by atoms with van der Waals surface area (Å²) in [5, 5.41) is 3.61. The topological polar surface area (TPSA) is 24.5 Å². The zero-order valence-corrected chi connectivity index (χ0v) is 14.8. The van der Waals surface area contributed by atoms with Gasteiger partial charge in [0.25, 0.3) is 0 Å². The number of nitrogens with one attached hydrogen (secondary N) is 1. The average molecular weight is 361 g/mol. The molecule has 0 radical (unpaired) electrons. The van der Waals surface area contributed by atoms with Crippen LogP contribution in [0.25, 0.3) is 0 Å². The van der Waals surface area contributed by atoms with Gasteiger partial charge in [-0.25, -0.2) is 0 Å². The van der Waals surface area contributed by atoms with E-state index in [0.717, 1.165) is 32.7 Å². The third kappa shape index (κ3) is 4.81. The van der Waals surface area contributed by atoms with E-state index in [1.807, 2.05) is 11.3 Å². The van der Waals surface area contributed by atoms with Crippen LogP contribution in [-0.2, 0) is 11.2 Å². The number of ether oxygens (including phenoxy) is 1. The van der Waals surface area contributed by atoms with Gasteiger partial charge in [-0.05, 0) is 54.0 Å². The number of thiophene rings is 1. The van der Waals surface area contributed by atoms with Crippen LogP contribution in [0.3, 0.4) is 0 Å². The molecule has 114 valence electrons. The standard InChI is InChI=1S/C15H25BrN2OS/c1-3-7-18-8-9-19-14(11-18)13(17-4-2)10-12-5-6-15(16)20-12/h5-6,13-14,17H,3-4,7-11H2,1-2H3. The molecule has 3 nitrogen and oxygen atoms in total. The van der Waals surface area contributed by atoms with Crippen molar-refractivity contribution >= 4 is 27.3 Å². The molecule has 0 spiro atoms. The molecular formula is C15H25BrN2OS. The second kappa shape index (κ2) is 8.49. The second-order valence-corrected chi connectivity index (χ2v) is 7.83. The van der Waals surface area contributed by atoms with Crippen LogP contribution in [0.2, 0.25) is 0 Å². The first kappa shape index (κ1) is 16.4. The Labute approximate surface area is 134 Å². The molecule has 0 bridgehead atoms. The lowest BCUT2D eigenvalue weighted by atomic mass is 10.0. The summed E-state index contributed by atoms with van der Waals surface area (Å²) in [6, 6.07) is 4.75. The molecule has 1 saturated heterocycles. The van der Waals surface area contributed by atoms with Crippen molar-refractivity contribution in [2.45, 2.75) is 38.8 Å². The molecule has 0 amide bonds. The predicted octanol–water partition coefficient (Wildman–Crippen LogP) is 3.14. The number of halogens is 1. The Morgan fingerprint density at radius 1 is 1.50 bits per heavy atom. The Kier molecular flexibility index (Phi) is 6.97. The monoisotopic (exact) mass is 360 g/mol. The van der Waals surface area contributed by atoms with E-state index in [1.165, 1.54) is 21.6 Å². The largest absolute Gasteiger partial charge is 0.374 e. The Bertz CT molecular complexity index is 397. The lowest BCUT2D eigenvalue weighted by molar-refractivity contribution is -0.0458. The Hall–Kier alpha value is 0.0600. The molecule has 1 aromatic heterocycles. The first-order valence-electron chi connectivity index (χ1n) is 7.54. The van der Waals surface area contributed by atoms with E-state index in [0.29, 0.717) is 12.1 Å². The van der Waals surface area contributed by atoms with Crippen LogP contribution in [0.15, 0.2) is 15.9 Å². The molecule has 0 saturated carbocycles. The van der Waals surface area contributed by atoms with Gasteiger partial charge < -0.3 is 10.1 Å². The molecule has 2 rings (SSSR count). The molecule has 20 heavy (non-hydrogen) atoms. The molecule has 2 atom stereocenters. The molecule has 0 aromatic carbocycles. The number of hydrogen-bond donors (Lipinski definition) is 1. The third-order valence-electron chi connectivity index (χ3n) is 3.68. The number of nitrogens with zero attached hydrogens (tertiary/aromatic N) is 1. The van der Waals surface area contributed by atoms with Crippen molar-refractivity contribution in [3.63, 3.8) is 0 Å². The van der Waals surface area contributed by atoms with Crippen molar-refractivity contribution in [3.8, 4) is 0 Å². The van der Waals surface area contributed by atoms with Crippen molar-refractivity contribution < 1.29 is 4.74 Å². The van der Waals surface area contributed by atoms with Crippen LogP contribution < -0.4 is 5.32 Å². The van der Waals surface area contributed by atoms with Crippen LogP contribution in [0.1, 0.15) is 25.1 Å². The van der Waals surface area contributed by atoms with Crippen LogP contribution in [0, 0.1) is 0 Å². The highest BCUT2D eigenvalue weighted by atomic mass is 79.9. The van der Waals surface area contributed by atoms with Crippen LogP contribution >= 0.6 is 27.3 Å². The Morgan fingerprint density at radius 3 is 3.00 bits per heavy atom. The number of rotatable bonds is 7. The summed E-state index contributed by atoms with van der Waals surface area (Å²) in [6.45, 7) is 9.58. The minimum atomic E-state index is 0.302. The van der Waals surface area contributed by atoms with Crippen molar-refractivity contribution in [2.24, 2.45) is 0 Å². The maximum atomic E-state index is 6.04. The first-order chi connectivity index (χ1) is 9.72. The maximum Gasteiger partial charge on any atom is 0.0858 e. The van der Waals surface area contributed by atoms with Crippen molar-refractivity contribution in [3.05, 3.63) is 20.8 Å².